The molecular weight excluding hydrogens is 358 g/mol. The van der Waals surface area contributed by atoms with Crippen LogP contribution in [0.3, 0.4) is 0 Å². The molecule has 3 heterocycles. The Morgan fingerprint density at radius 3 is 3.00 bits per heavy atom. The van der Waals surface area contributed by atoms with E-state index in [1.165, 1.54) is 10.4 Å². The van der Waals surface area contributed by atoms with E-state index in [-0.39, 0.29) is 10.8 Å². The molecule has 1 aliphatic carbocycles. The molecule has 1 aliphatic rings. The highest BCUT2D eigenvalue weighted by molar-refractivity contribution is 8.01. The van der Waals surface area contributed by atoms with E-state index < -0.39 is 0 Å². The van der Waals surface area contributed by atoms with Crippen LogP contribution in [-0.4, -0.2) is 15.0 Å². The molecule has 2 atom stereocenters. The number of thioether (sulfide) groups is 1. The van der Waals surface area contributed by atoms with Gasteiger partial charge < -0.3 is 4.98 Å². The lowest BCUT2D eigenvalue weighted by Crippen LogP contribution is -2.15. The van der Waals surface area contributed by atoms with Crippen molar-refractivity contribution in [2.45, 2.75) is 49.6 Å². The average Bonchev–Trinajstić information content (AvgIpc) is 3.09. The molecule has 0 radical (unpaired) electrons. The minimum absolute atomic E-state index is 0.0184. The molecule has 0 fully saturated rings. The lowest BCUT2D eigenvalue weighted by atomic mass is 9.89. The largest absolute Gasteiger partial charge is 0.309 e. The topological polar surface area (TPSA) is 58.6 Å². The molecule has 0 saturated carbocycles. The van der Waals surface area contributed by atoms with E-state index >= 15 is 0 Å². The molecule has 7 heteroatoms. The molecule has 4 rings (SSSR count). The molecule has 3 aromatic heterocycles. The summed E-state index contributed by atoms with van der Waals surface area (Å²) in [6.45, 7) is 6.35. The summed E-state index contributed by atoms with van der Waals surface area (Å²) in [6, 6.07) is 0. The smallest absolute Gasteiger partial charge is 0.259 e. The van der Waals surface area contributed by atoms with Crippen LogP contribution in [0.1, 0.15) is 47.5 Å². The quantitative estimate of drug-likeness (QED) is 0.671. The first kappa shape index (κ1) is 16.3. The predicted molar refractivity (Wildman–Crippen MR) is 103 cm³/mol. The average molecular weight is 378 g/mol. The van der Waals surface area contributed by atoms with Gasteiger partial charge in [-0.3, -0.25) is 4.79 Å². The van der Waals surface area contributed by atoms with Crippen LogP contribution in [0.15, 0.2) is 14.5 Å². The number of thiazole rings is 1. The molecule has 1 N–H and O–H groups in total. The van der Waals surface area contributed by atoms with Gasteiger partial charge in [-0.1, -0.05) is 18.7 Å². The fraction of sp³-hybridized carbons (Fsp3) is 0.471. The summed E-state index contributed by atoms with van der Waals surface area (Å²) in [6.07, 6.45) is 3.24. The lowest BCUT2D eigenvalue weighted by Gasteiger charge is -2.17. The number of H-pyrrole nitrogens is 1. The normalized spacial score (nSPS) is 18.7. The van der Waals surface area contributed by atoms with Crippen molar-refractivity contribution in [2.24, 2.45) is 5.92 Å². The van der Waals surface area contributed by atoms with Gasteiger partial charge in [0.1, 0.15) is 10.7 Å². The highest BCUT2D eigenvalue weighted by atomic mass is 32.2. The van der Waals surface area contributed by atoms with Crippen LogP contribution in [0.25, 0.3) is 10.2 Å². The van der Waals surface area contributed by atoms with Gasteiger partial charge in [-0.05, 0) is 44.6 Å². The SMILES string of the molecule is Cc1csc(S[C@@H](C)c2nc3sc4c(c3c(=O)[nH]2)CC[C@H](C)C4)n1. The standard InChI is InChI=1S/C17H19N3OS3/c1-8-4-5-11-12(6-8)24-16-13(11)15(21)19-14(20-16)10(3)23-17-18-9(2)7-22-17/h7-8,10H,4-6H2,1-3H3,(H,19,20,21)/t8-,10-/m0/s1. The first-order chi connectivity index (χ1) is 11.5. The third kappa shape index (κ3) is 2.93. The molecule has 24 heavy (non-hydrogen) atoms. The zero-order chi connectivity index (χ0) is 16.8. The van der Waals surface area contributed by atoms with Gasteiger partial charge in [-0.2, -0.15) is 0 Å². The Labute approximate surface area is 152 Å². The van der Waals surface area contributed by atoms with Gasteiger partial charge in [0.25, 0.3) is 5.56 Å². The number of rotatable bonds is 3. The highest BCUT2D eigenvalue weighted by Crippen LogP contribution is 2.38. The number of aromatic amines is 1. The Morgan fingerprint density at radius 1 is 1.42 bits per heavy atom. The number of fused-ring (bicyclic) bond motifs is 3. The second-order valence-corrected chi connectivity index (χ2v) is 10.0. The number of aromatic nitrogens is 3. The zero-order valence-corrected chi connectivity index (χ0v) is 16.3. The van der Waals surface area contributed by atoms with Crippen LogP contribution < -0.4 is 5.56 Å². The van der Waals surface area contributed by atoms with E-state index in [9.17, 15) is 4.79 Å². The molecule has 3 aromatic rings. The number of nitrogens with zero attached hydrogens (tertiary/aromatic N) is 2. The summed E-state index contributed by atoms with van der Waals surface area (Å²) < 4.78 is 1.02. The molecule has 0 amide bonds. The second kappa shape index (κ2) is 6.28. The molecule has 126 valence electrons. The van der Waals surface area contributed by atoms with E-state index in [1.807, 2.05) is 12.3 Å². The fourth-order valence-corrected chi connectivity index (χ4v) is 6.58. The van der Waals surface area contributed by atoms with Crippen LogP contribution in [0.5, 0.6) is 0 Å². The Bertz CT molecular complexity index is 956. The van der Waals surface area contributed by atoms with Gasteiger partial charge in [0.2, 0.25) is 0 Å². The summed E-state index contributed by atoms with van der Waals surface area (Å²) in [7, 11) is 0. The Balaban J connectivity index is 1.71. The van der Waals surface area contributed by atoms with E-state index in [1.54, 1.807) is 34.4 Å². The van der Waals surface area contributed by atoms with Gasteiger partial charge >= 0.3 is 0 Å². The van der Waals surface area contributed by atoms with Gasteiger partial charge in [-0.25, -0.2) is 9.97 Å². The Kier molecular flexibility index (Phi) is 4.26. The van der Waals surface area contributed by atoms with Crippen molar-refractivity contribution in [1.82, 2.24) is 15.0 Å². The summed E-state index contributed by atoms with van der Waals surface area (Å²) in [4.78, 5) is 27.2. The third-order valence-corrected chi connectivity index (χ3v) is 7.79. The molecule has 0 aromatic carbocycles. The molecule has 0 spiro atoms. The van der Waals surface area contributed by atoms with Crippen LogP contribution in [-0.2, 0) is 12.8 Å². The third-order valence-electron chi connectivity index (χ3n) is 4.44. The summed E-state index contributed by atoms with van der Waals surface area (Å²) >= 11 is 4.99. The molecule has 0 aliphatic heterocycles. The number of hydrogen-bond acceptors (Lipinski definition) is 6. The Morgan fingerprint density at radius 2 is 2.25 bits per heavy atom. The zero-order valence-electron chi connectivity index (χ0n) is 13.9. The van der Waals surface area contributed by atoms with Crippen molar-refractivity contribution >= 4 is 44.7 Å². The fourth-order valence-electron chi connectivity index (χ4n) is 3.15. The van der Waals surface area contributed by atoms with Crippen molar-refractivity contribution < 1.29 is 0 Å². The number of nitrogens with one attached hydrogen (secondary N) is 1. The number of thiophene rings is 1. The van der Waals surface area contributed by atoms with Gasteiger partial charge in [0, 0.05) is 16.0 Å². The highest BCUT2D eigenvalue weighted by Gasteiger charge is 2.24. The van der Waals surface area contributed by atoms with Crippen LogP contribution in [0, 0.1) is 12.8 Å². The van der Waals surface area contributed by atoms with E-state index in [0.717, 1.165) is 45.3 Å². The van der Waals surface area contributed by atoms with Crippen molar-refractivity contribution in [3.63, 3.8) is 0 Å². The van der Waals surface area contributed by atoms with Crippen molar-refractivity contribution in [1.29, 1.82) is 0 Å². The minimum Gasteiger partial charge on any atom is -0.309 e. The Hall–Kier alpha value is -1.18. The first-order valence-electron chi connectivity index (χ1n) is 8.14. The molecule has 0 saturated heterocycles. The van der Waals surface area contributed by atoms with Crippen LogP contribution in [0.4, 0.5) is 0 Å². The van der Waals surface area contributed by atoms with Crippen molar-refractivity contribution in [3.8, 4) is 0 Å². The second-order valence-electron chi connectivity index (χ2n) is 6.50. The molecule has 0 unspecified atom stereocenters. The molecular formula is C17H19N3OS3. The van der Waals surface area contributed by atoms with Crippen LogP contribution in [0.2, 0.25) is 0 Å². The van der Waals surface area contributed by atoms with Gasteiger partial charge in [-0.15, -0.1) is 22.7 Å². The van der Waals surface area contributed by atoms with E-state index in [2.05, 4.69) is 23.8 Å². The molecule has 0 bridgehead atoms. The van der Waals surface area contributed by atoms with Gasteiger partial charge in [0.05, 0.1) is 10.6 Å². The summed E-state index contributed by atoms with van der Waals surface area (Å²) in [5, 5.41) is 2.95. The first-order valence-corrected chi connectivity index (χ1v) is 10.7. The lowest BCUT2D eigenvalue weighted by molar-refractivity contribution is 0.509. The van der Waals surface area contributed by atoms with Crippen molar-refractivity contribution in [3.05, 3.63) is 37.7 Å². The number of aryl methyl sites for hydroxylation is 2. The molecule has 4 nitrogen and oxygen atoms in total. The van der Waals surface area contributed by atoms with Crippen LogP contribution >= 0.6 is 34.4 Å². The van der Waals surface area contributed by atoms with E-state index in [0.29, 0.717) is 5.92 Å². The monoisotopic (exact) mass is 377 g/mol. The maximum absolute atomic E-state index is 12.7. The minimum atomic E-state index is 0.0184. The maximum Gasteiger partial charge on any atom is 0.259 e. The summed E-state index contributed by atoms with van der Waals surface area (Å²) in [5.41, 5.74) is 2.29. The number of hydrogen-bond donors (Lipinski definition) is 1. The maximum atomic E-state index is 12.7. The van der Waals surface area contributed by atoms with Gasteiger partial charge in [0.15, 0.2) is 4.34 Å². The predicted octanol–water partition coefficient (Wildman–Crippen LogP) is 4.73. The van der Waals surface area contributed by atoms with Crippen molar-refractivity contribution in [2.75, 3.05) is 0 Å². The van der Waals surface area contributed by atoms with E-state index in [4.69, 9.17) is 4.98 Å². The summed E-state index contributed by atoms with van der Waals surface area (Å²) in [5.74, 6) is 1.45.